The van der Waals surface area contributed by atoms with E-state index in [0.717, 1.165) is 58.0 Å². The number of tetrazole rings is 1. The summed E-state index contributed by atoms with van der Waals surface area (Å²) in [4.78, 5) is 21.2. The van der Waals surface area contributed by atoms with E-state index in [-0.39, 0.29) is 5.91 Å². The van der Waals surface area contributed by atoms with Crippen LogP contribution >= 0.6 is 0 Å². The van der Waals surface area contributed by atoms with Crippen molar-refractivity contribution in [2.45, 2.75) is 6.42 Å². The van der Waals surface area contributed by atoms with Gasteiger partial charge in [-0.1, -0.05) is 0 Å². The minimum Gasteiger partial charge on any atom is -0.381 e. The molecule has 0 aliphatic carbocycles. The third-order valence-electron chi connectivity index (χ3n) is 4.78. The van der Waals surface area contributed by atoms with Gasteiger partial charge in [-0.25, -0.2) is 4.98 Å². The molecule has 0 aromatic carbocycles. The number of amides is 1. The molecule has 25 heavy (non-hydrogen) atoms. The van der Waals surface area contributed by atoms with Crippen molar-refractivity contribution in [1.82, 2.24) is 35.0 Å². The van der Waals surface area contributed by atoms with Crippen molar-refractivity contribution in [3.8, 4) is 5.69 Å². The number of rotatable bonds is 4. The number of pyridine rings is 1. The van der Waals surface area contributed by atoms with Crippen LogP contribution in [-0.2, 0) is 4.74 Å². The van der Waals surface area contributed by atoms with E-state index < -0.39 is 0 Å². The molecule has 9 heteroatoms. The number of hydrogen-bond acceptors (Lipinski definition) is 7. The van der Waals surface area contributed by atoms with Gasteiger partial charge in [0.05, 0.1) is 18.5 Å². The third-order valence-corrected chi connectivity index (χ3v) is 4.78. The highest BCUT2D eigenvalue weighted by molar-refractivity contribution is 5.92. The molecule has 0 saturated carbocycles. The summed E-state index contributed by atoms with van der Waals surface area (Å²) in [6, 6.07) is 3.52. The molecule has 1 atom stereocenters. The van der Waals surface area contributed by atoms with Crippen LogP contribution in [-0.4, -0.2) is 86.8 Å². The van der Waals surface area contributed by atoms with Gasteiger partial charge in [-0.3, -0.25) is 9.69 Å². The average molecular weight is 343 g/mol. The number of hydrogen-bond donors (Lipinski definition) is 0. The monoisotopic (exact) mass is 343 g/mol. The molecule has 2 aromatic heterocycles. The summed E-state index contributed by atoms with van der Waals surface area (Å²) in [5.74, 6) is 0.620. The lowest BCUT2D eigenvalue weighted by atomic mass is 10.1. The SMILES string of the molecule is O=C(c1ccc(-n2cnnn2)cn1)N1CCN(CC2CCOC2)CC1. The summed E-state index contributed by atoms with van der Waals surface area (Å²) in [6.07, 6.45) is 4.25. The highest BCUT2D eigenvalue weighted by atomic mass is 16.5. The van der Waals surface area contributed by atoms with Crippen LogP contribution in [0.3, 0.4) is 0 Å². The molecule has 2 fully saturated rings. The average Bonchev–Trinajstić information content (AvgIpc) is 3.36. The van der Waals surface area contributed by atoms with E-state index in [2.05, 4.69) is 25.4 Å². The van der Waals surface area contributed by atoms with Gasteiger partial charge >= 0.3 is 0 Å². The fourth-order valence-electron chi connectivity index (χ4n) is 3.32. The molecule has 4 heterocycles. The highest BCUT2D eigenvalue weighted by Gasteiger charge is 2.25. The molecule has 2 aromatic rings. The van der Waals surface area contributed by atoms with Crippen LogP contribution in [0.1, 0.15) is 16.9 Å². The molecule has 0 bridgehead atoms. The van der Waals surface area contributed by atoms with Gasteiger partial charge in [0.15, 0.2) is 0 Å². The number of ether oxygens (including phenoxy) is 1. The first kappa shape index (κ1) is 16.1. The lowest BCUT2D eigenvalue weighted by Crippen LogP contribution is -2.50. The van der Waals surface area contributed by atoms with E-state index in [1.165, 1.54) is 11.0 Å². The summed E-state index contributed by atoms with van der Waals surface area (Å²) < 4.78 is 6.95. The first-order chi connectivity index (χ1) is 12.3. The maximum Gasteiger partial charge on any atom is 0.272 e. The van der Waals surface area contributed by atoms with Crippen molar-refractivity contribution in [2.24, 2.45) is 5.92 Å². The summed E-state index contributed by atoms with van der Waals surface area (Å²) in [6.45, 7) is 6.12. The summed E-state index contributed by atoms with van der Waals surface area (Å²) in [7, 11) is 0. The molecule has 1 unspecified atom stereocenters. The second kappa shape index (κ2) is 7.24. The van der Waals surface area contributed by atoms with Crippen LogP contribution in [0.25, 0.3) is 5.69 Å². The number of nitrogens with zero attached hydrogens (tertiary/aromatic N) is 7. The molecule has 132 valence electrons. The Morgan fingerprint density at radius 1 is 1.24 bits per heavy atom. The molecule has 0 N–H and O–H groups in total. The topological polar surface area (TPSA) is 89.3 Å². The molecule has 0 spiro atoms. The lowest BCUT2D eigenvalue weighted by molar-refractivity contribution is 0.0606. The van der Waals surface area contributed by atoms with Crippen LogP contribution in [0, 0.1) is 5.92 Å². The Bertz CT molecular complexity index is 690. The fourth-order valence-corrected chi connectivity index (χ4v) is 3.32. The number of carbonyl (C=O) groups excluding carboxylic acids is 1. The van der Waals surface area contributed by atoms with Gasteiger partial charge in [0.2, 0.25) is 0 Å². The Balaban J connectivity index is 1.32. The van der Waals surface area contributed by atoms with Gasteiger partial charge in [0, 0.05) is 39.3 Å². The van der Waals surface area contributed by atoms with E-state index in [9.17, 15) is 4.79 Å². The first-order valence-electron chi connectivity index (χ1n) is 8.58. The first-order valence-corrected chi connectivity index (χ1v) is 8.58. The maximum atomic E-state index is 12.6. The molecule has 2 aliphatic rings. The van der Waals surface area contributed by atoms with Crippen molar-refractivity contribution in [2.75, 3.05) is 45.9 Å². The van der Waals surface area contributed by atoms with Crippen LogP contribution in [0.4, 0.5) is 0 Å². The van der Waals surface area contributed by atoms with Gasteiger partial charge in [-0.2, -0.15) is 4.68 Å². The number of aromatic nitrogens is 5. The van der Waals surface area contributed by atoms with Gasteiger partial charge < -0.3 is 9.64 Å². The Kier molecular flexibility index (Phi) is 4.66. The molecule has 2 saturated heterocycles. The van der Waals surface area contributed by atoms with Crippen molar-refractivity contribution in [3.63, 3.8) is 0 Å². The van der Waals surface area contributed by atoms with Gasteiger partial charge in [-0.05, 0) is 34.9 Å². The fraction of sp³-hybridized carbons (Fsp3) is 0.562. The van der Waals surface area contributed by atoms with E-state index in [4.69, 9.17) is 4.74 Å². The standard InChI is InChI=1S/C16H21N7O2/c24-16(15-2-1-14(9-17-15)23-12-18-19-20-23)22-6-4-21(5-7-22)10-13-3-8-25-11-13/h1-2,9,12-13H,3-8,10-11H2. The molecular weight excluding hydrogens is 322 g/mol. The number of carbonyl (C=O) groups is 1. The van der Waals surface area contributed by atoms with E-state index in [0.29, 0.717) is 11.6 Å². The van der Waals surface area contributed by atoms with E-state index >= 15 is 0 Å². The normalized spacial score (nSPS) is 21.6. The van der Waals surface area contributed by atoms with Gasteiger partial charge in [-0.15, -0.1) is 5.10 Å². The number of piperazine rings is 1. The second-order valence-corrected chi connectivity index (χ2v) is 6.48. The Labute approximate surface area is 145 Å². The Morgan fingerprint density at radius 3 is 2.76 bits per heavy atom. The van der Waals surface area contributed by atoms with E-state index in [1.54, 1.807) is 18.3 Å². The van der Waals surface area contributed by atoms with Gasteiger partial charge in [0.25, 0.3) is 5.91 Å². The Morgan fingerprint density at radius 2 is 2.12 bits per heavy atom. The zero-order valence-electron chi connectivity index (χ0n) is 14.0. The van der Waals surface area contributed by atoms with E-state index in [1.807, 2.05) is 4.90 Å². The van der Waals surface area contributed by atoms with Crippen molar-refractivity contribution in [3.05, 3.63) is 30.4 Å². The van der Waals surface area contributed by atoms with Crippen LogP contribution < -0.4 is 0 Å². The predicted octanol–water partition coefficient (Wildman–Crippen LogP) is -0.148. The van der Waals surface area contributed by atoms with Crippen molar-refractivity contribution in [1.29, 1.82) is 0 Å². The van der Waals surface area contributed by atoms with Crippen molar-refractivity contribution >= 4 is 5.91 Å². The molecule has 9 nitrogen and oxygen atoms in total. The van der Waals surface area contributed by atoms with Crippen LogP contribution in [0.2, 0.25) is 0 Å². The van der Waals surface area contributed by atoms with Crippen LogP contribution in [0.15, 0.2) is 24.7 Å². The maximum absolute atomic E-state index is 12.6. The summed E-state index contributed by atoms with van der Waals surface area (Å²) in [5.41, 5.74) is 1.18. The second-order valence-electron chi connectivity index (χ2n) is 6.48. The van der Waals surface area contributed by atoms with Crippen molar-refractivity contribution < 1.29 is 9.53 Å². The zero-order chi connectivity index (χ0) is 17.1. The van der Waals surface area contributed by atoms with Gasteiger partial charge in [0.1, 0.15) is 12.0 Å². The molecule has 1 amide bonds. The smallest absolute Gasteiger partial charge is 0.272 e. The predicted molar refractivity (Wildman–Crippen MR) is 88.2 cm³/mol. The largest absolute Gasteiger partial charge is 0.381 e. The third kappa shape index (κ3) is 3.67. The lowest BCUT2D eigenvalue weighted by Gasteiger charge is -2.35. The summed E-state index contributed by atoms with van der Waals surface area (Å²) >= 11 is 0. The molecular formula is C16H21N7O2. The minimum absolute atomic E-state index is 0.0212. The summed E-state index contributed by atoms with van der Waals surface area (Å²) in [5, 5.41) is 11.0. The minimum atomic E-state index is -0.0212. The quantitative estimate of drug-likeness (QED) is 0.763. The molecule has 2 aliphatic heterocycles. The van der Waals surface area contributed by atoms with Crippen LogP contribution in [0.5, 0.6) is 0 Å². The highest BCUT2D eigenvalue weighted by Crippen LogP contribution is 2.16. The molecule has 0 radical (unpaired) electrons. The molecule has 4 rings (SSSR count). The Hall–Kier alpha value is -2.39. The zero-order valence-corrected chi connectivity index (χ0v) is 14.0.